The van der Waals surface area contributed by atoms with Crippen LogP contribution >= 0.6 is 22.7 Å². The van der Waals surface area contributed by atoms with Crippen molar-refractivity contribution in [3.05, 3.63) is 65.1 Å². The molecule has 3 aromatic carbocycles. The molecule has 0 aliphatic rings. The highest BCUT2D eigenvalue weighted by Gasteiger charge is 2.14. The van der Waals surface area contributed by atoms with Gasteiger partial charge in [-0.25, -0.2) is 14.8 Å². The number of hydrogen-bond donors (Lipinski definition) is 1. The molecule has 140 valence electrons. The van der Waals surface area contributed by atoms with Gasteiger partial charge in [-0.1, -0.05) is 30.3 Å². The van der Waals surface area contributed by atoms with E-state index in [1.165, 1.54) is 22.7 Å². The summed E-state index contributed by atoms with van der Waals surface area (Å²) in [6, 6.07) is 17.2. The first kappa shape index (κ1) is 18.3. The third-order valence-corrected chi connectivity index (χ3v) is 5.84. The largest absolute Gasteiger partial charge is 0.508 e. The van der Waals surface area contributed by atoms with Gasteiger partial charge in [-0.05, 0) is 36.6 Å². The van der Waals surface area contributed by atoms with Crippen LogP contribution in [0.2, 0.25) is 0 Å². The molecule has 5 rings (SSSR count). The lowest BCUT2D eigenvalue weighted by atomic mass is 10.1. The van der Waals surface area contributed by atoms with Crippen LogP contribution in [0.4, 0.5) is 0 Å². The summed E-state index contributed by atoms with van der Waals surface area (Å²) in [5.41, 5.74) is 3.59. The Kier molecular flexibility index (Phi) is 5.18. The predicted octanol–water partition coefficient (Wildman–Crippen LogP) is 5.63. The molecular weight excluding hydrogens is 392 g/mol. The van der Waals surface area contributed by atoms with Crippen molar-refractivity contribution in [3.63, 3.8) is 0 Å². The number of nitrogens with zero attached hydrogens (tertiary/aromatic N) is 2. The highest BCUT2D eigenvalue weighted by atomic mass is 32.1. The van der Waals surface area contributed by atoms with Crippen LogP contribution < -0.4 is 0 Å². The summed E-state index contributed by atoms with van der Waals surface area (Å²) in [6.45, 7) is 2.16. The number of esters is 1. The van der Waals surface area contributed by atoms with Crippen LogP contribution in [-0.4, -0.2) is 27.7 Å². The van der Waals surface area contributed by atoms with Crippen molar-refractivity contribution in [3.8, 4) is 5.75 Å². The number of aromatic hydroxyl groups is 1. The lowest BCUT2D eigenvalue weighted by Gasteiger charge is -1.96. The van der Waals surface area contributed by atoms with E-state index >= 15 is 0 Å². The Hall–Kier alpha value is -3.03. The van der Waals surface area contributed by atoms with Crippen LogP contribution in [0.3, 0.4) is 0 Å². The van der Waals surface area contributed by atoms with E-state index < -0.39 is 0 Å². The maximum Gasteiger partial charge on any atom is 0.367 e. The molecule has 1 N–H and O–H groups in total. The van der Waals surface area contributed by atoms with Crippen LogP contribution in [-0.2, 0) is 4.74 Å². The number of rotatable bonds is 2. The van der Waals surface area contributed by atoms with E-state index in [1.54, 1.807) is 30.6 Å². The SMILES string of the molecule is CCOC(=O)c1nc2c(ccc3ccccc32)s1.Oc1ccc2ncsc2c1. The van der Waals surface area contributed by atoms with Crippen molar-refractivity contribution < 1.29 is 14.6 Å². The van der Waals surface area contributed by atoms with E-state index in [0.29, 0.717) is 17.4 Å². The fraction of sp³-hybridized carbons (Fsp3) is 0.0952. The minimum Gasteiger partial charge on any atom is -0.508 e. The maximum absolute atomic E-state index is 11.7. The van der Waals surface area contributed by atoms with E-state index in [1.807, 2.05) is 36.4 Å². The number of phenols is 1. The summed E-state index contributed by atoms with van der Waals surface area (Å²) in [5, 5.41) is 11.6. The molecular formula is C21H16N2O3S2. The van der Waals surface area contributed by atoms with E-state index in [4.69, 9.17) is 9.84 Å². The summed E-state index contributed by atoms with van der Waals surface area (Å²) >= 11 is 2.90. The van der Waals surface area contributed by atoms with Gasteiger partial charge in [-0.2, -0.15) is 0 Å². The topological polar surface area (TPSA) is 72.3 Å². The van der Waals surface area contributed by atoms with Crippen LogP contribution in [0.5, 0.6) is 5.75 Å². The van der Waals surface area contributed by atoms with Gasteiger partial charge < -0.3 is 9.84 Å². The van der Waals surface area contributed by atoms with Gasteiger partial charge in [0.2, 0.25) is 5.01 Å². The summed E-state index contributed by atoms with van der Waals surface area (Å²) < 4.78 is 7.02. The van der Waals surface area contributed by atoms with Crippen molar-refractivity contribution in [1.82, 2.24) is 9.97 Å². The first-order valence-corrected chi connectivity index (χ1v) is 10.3. The zero-order valence-electron chi connectivity index (χ0n) is 15.0. The molecule has 0 fully saturated rings. The van der Waals surface area contributed by atoms with Crippen LogP contribution in [0, 0.1) is 0 Å². The first-order valence-electron chi connectivity index (χ1n) is 8.63. The third-order valence-electron chi connectivity index (χ3n) is 4.05. The van der Waals surface area contributed by atoms with Crippen LogP contribution in [0.25, 0.3) is 31.2 Å². The number of ether oxygens (including phenoxy) is 1. The average Bonchev–Trinajstić information content (AvgIpc) is 3.35. The molecule has 5 nitrogen and oxygen atoms in total. The molecule has 0 atom stereocenters. The molecule has 2 heterocycles. The molecule has 0 amide bonds. The molecule has 0 aliphatic carbocycles. The lowest BCUT2D eigenvalue weighted by molar-refractivity contribution is 0.0526. The van der Waals surface area contributed by atoms with Crippen LogP contribution in [0.1, 0.15) is 16.7 Å². The standard InChI is InChI=1S/C14H11NO2S.C7H5NOS/c1-2-17-14(16)13-15-12-10-6-4-3-5-9(10)7-8-11(12)18-13;9-5-1-2-6-7(3-5)10-4-8-6/h3-8H,2H2,1H3;1-4,9H. The molecule has 2 aromatic heterocycles. The molecule has 0 bridgehead atoms. The summed E-state index contributed by atoms with van der Waals surface area (Å²) in [5.74, 6) is -0.0421. The first-order chi connectivity index (χ1) is 13.7. The van der Waals surface area contributed by atoms with Gasteiger partial charge in [-0.15, -0.1) is 22.7 Å². The number of aromatic nitrogens is 2. The molecule has 0 aliphatic heterocycles. The second-order valence-corrected chi connectivity index (χ2v) is 7.79. The molecule has 7 heteroatoms. The minimum atomic E-state index is -0.345. The highest BCUT2D eigenvalue weighted by Crippen LogP contribution is 2.29. The van der Waals surface area contributed by atoms with Crippen LogP contribution in [0.15, 0.2) is 60.1 Å². The Labute approximate surface area is 168 Å². The van der Waals surface area contributed by atoms with E-state index in [2.05, 4.69) is 9.97 Å². The number of thiazole rings is 2. The van der Waals surface area contributed by atoms with Gasteiger partial charge in [0, 0.05) is 5.39 Å². The molecule has 0 unspecified atom stereocenters. The van der Waals surface area contributed by atoms with Gasteiger partial charge >= 0.3 is 5.97 Å². The van der Waals surface area contributed by atoms with Gasteiger partial charge in [0.25, 0.3) is 0 Å². The maximum atomic E-state index is 11.7. The molecule has 0 saturated carbocycles. The molecule has 28 heavy (non-hydrogen) atoms. The summed E-state index contributed by atoms with van der Waals surface area (Å²) in [7, 11) is 0. The zero-order valence-corrected chi connectivity index (χ0v) is 16.6. The Bertz CT molecular complexity index is 1280. The molecule has 0 saturated heterocycles. The average molecular weight is 409 g/mol. The van der Waals surface area contributed by atoms with Gasteiger partial charge in [-0.3, -0.25) is 0 Å². The van der Waals surface area contributed by atoms with Crippen molar-refractivity contribution in [2.75, 3.05) is 6.61 Å². The minimum absolute atomic E-state index is 0.303. The van der Waals surface area contributed by atoms with Crippen molar-refractivity contribution in [2.24, 2.45) is 0 Å². The number of carbonyl (C=O) groups excluding carboxylic acids is 1. The van der Waals surface area contributed by atoms with Crippen molar-refractivity contribution in [2.45, 2.75) is 6.92 Å². The normalized spacial score (nSPS) is 10.8. The second-order valence-electron chi connectivity index (χ2n) is 5.88. The van der Waals surface area contributed by atoms with Gasteiger partial charge in [0.1, 0.15) is 5.75 Å². The predicted molar refractivity (Wildman–Crippen MR) is 114 cm³/mol. The monoisotopic (exact) mass is 408 g/mol. The quantitative estimate of drug-likeness (QED) is 0.383. The number of hydrogen-bond acceptors (Lipinski definition) is 7. The van der Waals surface area contributed by atoms with E-state index in [-0.39, 0.29) is 5.97 Å². The Morgan fingerprint density at radius 3 is 2.82 bits per heavy atom. The Morgan fingerprint density at radius 1 is 1.11 bits per heavy atom. The van der Waals surface area contributed by atoms with E-state index in [9.17, 15) is 4.79 Å². The van der Waals surface area contributed by atoms with Crippen molar-refractivity contribution >= 4 is 59.8 Å². The smallest absolute Gasteiger partial charge is 0.367 e. The molecule has 5 aromatic rings. The molecule has 0 spiro atoms. The fourth-order valence-electron chi connectivity index (χ4n) is 2.79. The highest BCUT2D eigenvalue weighted by molar-refractivity contribution is 7.20. The van der Waals surface area contributed by atoms with Crippen molar-refractivity contribution in [1.29, 1.82) is 0 Å². The second kappa shape index (κ2) is 7.92. The zero-order chi connectivity index (χ0) is 19.5. The fourth-order valence-corrected chi connectivity index (χ4v) is 4.37. The van der Waals surface area contributed by atoms with E-state index in [0.717, 1.165) is 31.2 Å². The third kappa shape index (κ3) is 3.67. The Balaban J connectivity index is 0.000000162. The summed E-state index contributed by atoms with van der Waals surface area (Å²) in [6.07, 6.45) is 0. The number of phenolic OH excluding ortho intramolecular Hbond substituents is 1. The number of benzene rings is 3. The molecule has 0 radical (unpaired) electrons. The number of carbonyl (C=O) groups is 1. The number of fused-ring (bicyclic) bond motifs is 4. The summed E-state index contributed by atoms with van der Waals surface area (Å²) in [4.78, 5) is 20.1. The Morgan fingerprint density at radius 2 is 1.96 bits per heavy atom. The lowest BCUT2D eigenvalue weighted by Crippen LogP contribution is -2.03. The van der Waals surface area contributed by atoms with Gasteiger partial charge in [0.05, 0.1) is 32.6 Å². The van der Waals surface area contributed by atoms with Gasteiger partial charge in [0.15, 0.2) is 0 Å².